The maximum Gasteiger partial charge on any atom is 0.329 e. The van der Waals surface area contributed by atoms with Crippen molar-refractivity contribution in [1.29, 1.82) is 0 Å². The second-order valence-corrected chi connectivity index (χ2v) is 14.5. The molecule has 3 amide bonds. The third-order valence-electron chi connectivity index (χ3n) is 5.57. The molecule has 0 aliphatic carbocycles. The molecule has 0 aromatic carbocycles. The van der Waals surface area contributed by atoms with Crippen molar-refractivity contribution >= 4 is 52.4 Å². The van der Waals surface area contributed by atoms with Gasteiger partial charge in [0.2, 0.25) is 5.91 Å². The van der Waals surface area contributed by atoms with Crippen LogP contribution in [0.4, 0.5) is 4.79 Å². The zero-order chi connectivity index (χ0) is 34.6. The van der Waals surface area contributed by atoms with E-state index < -0.39 is 52.8 Å². The van der Waals surface area contributed by atoms with Gasteiger partial charge in [0.25, 0.3) is 0 Å². The number of halogens is 1. The molecule has 2 atom stereocenters. The molecular weight excluding hydrogens is 701 g/mol. The first-order valence-corrected chi connectivity index (χ1v) is 16.0. The molecule has 0 aliphatic heterocycles. The first-order valence-electron chi connectivity index (χ1n) is 14.9. The van der Waals surface area contributed by atoms with E-state index in [2.05, 4.69) is 26.3 Å². The summed E-state index contributed by atoms with van der Waals surface area (Å²) in [7, 11) is 0. The largest absolute Gasteiger partial charge is 0.460 e. The van der Waals surface area contributed by atoms with Crippen molar-refractivity contribution in [3.63, 3.8) is 0 Å². The van der Waals surface area contributed by atoms with Gasteiger partial charge in [0.1, 0.15) is 39.1 Å². The Kier molecular flexibility index (Phi) is 15.7. The molecule has 0 spiro atoms. The van der Waals surface area contributed by atoms with Crippen LogP contribution in [0.3, 0.4) is 0 Å². The number of hydrogen-bond donors (Lipinski definition) is 4. The predicted molar refractivity (Wildman–Crippen MR) is 174 cm³/mol. The number of ether oxygens (including phenoxy) is 3. The molecule has 256 valence electrons. The maximum absolute atomic E-state index is 13.0. The van der Waals surface area contributed by atoms with Gasteiger partial charge >= 0.3 is 23.9 Å². The molecule has 0 saturated carbocycles. The van der Waals surface area contributed by atoms with Crippen molar-refractivity contribution in [1.82, 2.24) is 30.9 Å². The lowest BCUT2D eigenvalue weighted by Gasteiger charge is -2.27. The van der Waals surface area contributed by atoms with Crippen LogP contribution in [0.2, 0.25) is 0 Å². The molecule has 1 aromatic heterocycles. The molecule has 0 aliphatic rings. The van der Waals surface area contributed by atoms with Crippen LogP contribution in [-0.4, -0.2) is 80.3 Å². The van der Waals surface area contributed by atoms with Crippen molar-refractivity contribution in [3.8, 4) is 0 Å². The Labute approximate surface area is 278 Å². The Morgan fingerprint density at radius 3 is 1.82 bits per heavy atom. The number of hydrogen-bond acceptors (Lipinski definition) is 11. The summed E-state index contributed by atoms with van der Waals surface area (Å²) in [5, 5.41) is 15.8. The van der Waals surface area contributed by atoms with Gasteiger partial charge in [-0.05, 0) is 111 Å². The van der Waals surface area contributed by atoms with Gasteiger partial charge in [-0.2, -0.15) is 0 Å². The van der Waals surface area contributed by atoms with Crippen LogP contribution in [0.25, 0.3) is 0 Å². The van der Waals surface area contributed by atoms with Crippen molar-refractivity contribution < 1.29 is 38.2 Å². The molecule has 1 aromatic rings. The highest BCUT2D eigenvalue weighted by molar-refractivity contribution is 14.1. The highest BCUT2D eigenvalue weighted by Crippen LogP contribution is 2.15. The van der Waals surface area contributed by atoms with E-state index in [4.69, 9.17) is 19.9 Å². The van der Waals surface area contributed by atoms with Crippen LogP contribution >= 0.6 is 22.6 Å². The highest BCUT2D eigenvalue weighted by atomic mass is 127. The number of unbranched alkanes of at least 4 members (excludes halogenated alkanes) is 1. The summed E-state index contributed by atoms with van der Waals surface area (Å²) in [6, 6.07) is -3.04. The molecule has 1 rings (SSSR count). The molecule has 15 nitrogen and oxygen atoms in total. The van der Waals surface area contributed by atoms with Crippen LogP contribution in [0.1, 0.15) is 100 Å². The Balaban J connectivity index is 2.83. The van der Waals surface area contributed by atoms with E-state index in [-0.39, 0.29) is 38.3 Å². The van der Waals surface area contributed by atoms with E-state index in [1.807, 2.05) is 22.6 Å². The fourth-order valence-corrected chi connectivity index (χ4v) is 4.37. The number of nitrogens with one attached hydrogen (secondary N) is 3. The van der Waals surface area contributed by atoms with Crippen molar-refractivity contribution in [2.75, 3.05) is 6.54 Å². The Bertz CT molecular complexity index is 1170. The summed E-state index contributed by atoms with van der Waals surface area (Å²) >= 11 is 2.00. The number of aromatic nitrogens is 3. The number of carbonyl (C=O) groups excluding carboxylic acids is 5. The van der Waals surface area contributed by atoms with E-state index in [0.717, 1.165) is 0 Å². The SMILES string of the molecule is CC(C)(C)OC(=O)CC[C@H](NC(=O)N[C@@H](CCCCNC(=O)Cn1nnc(I)c1CN)C(=O)OC(C)(C)C)C(=O)OC(C)(C)C. The van der Waals surface area contributed by atoms with Crippen molar-refractivity contribution in [3.05, 3.63) is 9.39 Å². The molecule has 16 heteroatoms. The average molecular weight is 752 g/mol. The summed E-state index contributed by atoms with van der Waals surface area (Å²) in [5.41, 5.74) is 4.00. The normalized spacial score (nSPS) is 13.3. The lowest BCUT2D eigenvalue weighted by molar-refractivity contribution is -0.159. The summed E-state index contributed by atoms with van der Waals surface area (Å²) in [5.74, 6) is -2.19. The Morgan fingerprint density at radius 1 is 0.822 bits per heavy atom. The fraction of sp³-hybridized carbons (Fsp3) is 0.759. The van der Waals surface area contributed by atoms with Crippen LogP contribution < -0.4 is 21.7 Å². The minimum atomic E-state index is -1.18. The quantitative estimate of drug-likeness (QED) is 0.0887. The summed E-state index contributed by atoms with van der Waals surface area (Å²) in [4.78, 5) is 63.6. The molecule has 5 N–H and O–H groups in total. The van der Waals surface area contributed by atoms with Crippen LogP contribution in [0.15, 0.2) is 0 Å². The molecule has 0 unspecified atom stereocenters. The second kappa shape index (κ2) is 17.6. The first-order chi connectivity index (χ1) is 20.6. The van der Waals surface area contributed by atoms with Gasteiger partial charge in [-0.3, -0.25) is 9.59 Å². The third-order valence-corrected chi connectivity index (χ3v) is 6.41. The molecule has 0 bridgehead atoms. The third kappa shape index (κ3) is 17.3. The number of rotatable bonds is 15. The second-order valence-electron chi connectivity index (χ2n) is 13.4. The molecule has 0 fully saturated rings. The number of esters is 3. The van der Waals surface area contributed by atoms with Crippen LogP contribution in [-0.2, 0) is 46.5 Å². The number of nitrogens with zero attached hydrogens (tertiary/aromatic N) is 3. The zero-order valence-electron chi connectivity index (χ0n) is 27.9. The smallest absolute Gasteiger partial charge is 0.329 e. The number of urea groups is 1. The Hall–Kier alpha value is -3.02. The van der Waals surface area contributed by atoms with Crippen LogP contribution in [0, 0.1) is 3.70 Å². The van der Waals surface area contributed by atoms with Gasteiger partial charge < -0.3 is 35.9 Å². The van der Waals surface area contributed by atoms with E-state index in [0.29, 0.717) is 28.8 Å². The topological polar surface area (TPSA) is 206 Å². The number of nitrogens with two attached hydrogens (primary N) is 1. The van der Waals surface area contributed by atoms with Crippen molar-refractivity contribution in [2.24, 2.45) is 5.73 Å². The minimum Gasteiger partial charge on any atom is -0.460 e. The first kappa shape index (κ1) is 40.0. The Morgan fingerprint density at radius 2 is 1.33 bits per heavy atom. The fourth-order valence-electron chi connectivity index (χ4n) is 3.78. The van der Waals surface area contributed by atoms with E-state index in [1.165, 1.54) is 4.68 Å². The monoisotopic (exact) mass is 751 g/mol. The zero-order valence-corrected chi connectivity index (χ0v) is 30.0. The van der Waals surface area contributed by atoms with Gasteiger partial charge in [-0.25, -0.2) is 19.1 Å². The number of amides is 3. The summed E-state index contributed by atoms with van der Waals surface area (Å²) < 4.78 is 18.3. The molecular formula is C29H50IN7O8. The van der Waals surface area contributed by atoms with Crippen molar-refractivity contribution in [2.45, 2.75) is 136 Å². The molecule has 0 radical (unpaired) electrons. The van der Waals surface area contributed by atoms with E-state index in [9.17, 15) is 24.0 Å². The summed E-state index contributed by atoms with van der Waals surface area (Å²) in [6.45, 7) is 15.8. The lowest BCUT2D eigenvalue weighted by Crippen LogP contribution is -2.53. The molecule has 1 heterocycles. The predicted octanol–water partition coefficient (Wildman–Crippen LogP) is 2.47. The van der Waals surface area contributed by atoms with Gasteiger partial charge in [0.05, 0.1) is 5.69 Å². The molecule has 0 saturated heterocycles. The van der Waals surface area contributed by atoms with E-state index >= 15 is 0 Å². The average Bonchev–Trinajstić information content (AvgIpc) is 3.20. The standard InChI is InChI=1S/C29H50IN7O8/c1-27(2,3)43-22(39)14-13-19(25(41)45-29(7,8)9)34-26(42)33-18(24(40)44-28(4,5)6)12-10-11-15-32-21(38)17-37-20(16-31)23(30)35-36-37/h18-19H,10-17,31H2,1-9H3,(H,32,38)(H2,33,34,42)/t18-,19-/m0/s1. The maximum atomic E-state index is 13.0. The van der Waals surface area contributed by atoms with Crippen LogP contribution in [0.5, 0.6) is 0 Å². The van der Waals surface area contributed by atoms with E-state index in [1.54, 1.807) is 62.3 Å². The van der Waals surface area contributed by atoms with Gasteiger partial charge in [0.15, 0.2) is 0 Å². The van der Waals surface area contributed by atoms with Gasteiger partial charge in [-0.15, -0.1) is 5.10 Å². The summed E-state index contributed by atoms with van der Waals surface area (Å²) in [6.07, 6.45) is 0.935. The highest BCUT2D eigenvalue weighted by Gasteiger charge is 2.31. The van der Waals surface area contributed by atoms with Gasteiger partial charge in [-0.1, -0.05) is 5.21 Å². The lowest BCUT2D eigenvalue weighted by atomic mass is 10.1. The molecule has 45 heavy (non-hydrogen) atoms. The number of carbonyl (C=O) groups is 5. The van der Waals surface area contributed by atoms with Gasteiger partial charge in [0, 0.05) is 19.5 Å². The minimum absolute atomic E-state index is 0.0302.